The first-order valence-electron chi connectivity index (χ1n) is 8.51. The molecule has 2 aliphatic rings. The van der Waals surface area contributed by atoms with Gasteiger partial charge in [-0.3, -0.25) is 9.59 Å². The summed E-state index contributed by atoms with van der Waals surface area (Å²) in [7, 11) is 0. The molecule has 8 heteroatoms. The van der Waals surface area contributed by atoms with Crippen LogP contribution in [-0.4, -0.2) is 68.7 Å². The van der Waals surface area contributed by atoms with E-state index in [0.29, 0.717) is 32.4 Å². The summed E-state index contributed by atoms with van der Waals surface area (Å²) >= 11 is 0. The molecule has 0 aliphatic carbocycles. The van der Waals surface area contributed by atoms with Crippen LogP contribution in [0.3, 0.4) is 0 Å². The zero-order chi connectivity index (χ0) is 18.1. The van der Waals surface area contributed by atoms with Crippen molar-refractivity contribution in [2.24, 2.45) is 0 Å². The van der Waals surface area contributed by atoms with Gasteiger partial charge in [-0.05, 0) is 32.3 Å². The molecular weight excluding hydrogens is 324 g/mol. The van der Waals surface area contributed by atoms with Gasteiger partial charge in [-0.2, -0.15) is 0 Å². The van der Waals surface area contributed by atoms with E-state index < -0.39 is 11.2 Å². The summed E-state index contributed by atoms with van der Waals surface area (Å²) in [5, 5.41) is 13.3. The standard InChI is InChI=1S/C17H24N4O4/c1-12(22)20-13-10-17(25-11-16(13,2)24)4-8-21(9-5-17)15(23)14-18-6-3-7-19-14/h3,6-7,13,24H,4-5,8-11H2,1-2H3,(H,20,22)/t13-,16-/m0/s1. The molecule has 1 aromatic heterocycles. The number of aliphatic hydroxyl groups is 1. The Morgan fingerprint density at radius 3 is 2.56 bits per heavy atom. The molecule has 2 fully saturated rings. The topological polar surface area (TPSA) is 105 Å². The van der Waals surface area contributed by atoms with Crippen molar-refractivity contribution in [3.63, 3.8) is 0 Å². The van der Waals surface area contributed by atoms with E-state index in [0.717, 1.165) is 0 Å². The Balaban J connectivity index is 1.65. The lowest BCUT2D eigenvalue weighted by Crippen LogP contribution is -2.64. The molecule has 2 amide bonds. The third-order valence-electron chi connectivity index (χ3n) is 5.09. The average Bonchev–Trinajstić information content (AvgIpc) is 2.59. The number of hydrogen-bond donors (Lipinski definition) is 2. The minimum Gasteiger partial charge on any atom is -0.386 e. The molecule has 2 atom stereocenters. The van der Waals surface area contributed by atoms with E-state index in [1.807, 2.05) is 0 Å². The van der Waals surface area contributed by atoms with E-state index in [2.05, 4.69) is 15.3 Å². The average molecular weight is 348 g/mol. The third kappa shape index (κ3) is 3.80. The van der Waals surface area contributed by atoms with Crippen LogP contribution >= 0.6 is 0 Å². The third-order valence-corrected chi connectivity index (χ3v) is 5.09. The summed E-state index contributed by atoms with van der Waals surface area (Å²) in [5.41, 5.74) is -1.52. The lowest BCUT2D eigenvalue weighted by Gasteiger charge is -2.50. The highest BCUT2D eigenvalue weighted by molar-refractivity contribution is 5.90. The number of carbonyl (C=O) groups is 2. The number of nitrogens with one attached hydrogen (secondary N) is 1. The predicted molar refractivity (Wildman–Crippen MR) is 88.7 cm³/mol. The first-order valence-corrected chi connectivity index (χ1v) is 8.51. The molecule has 0 saturated carbocycles. The van der Waals surface area contributed by atoms with Gasteiger partial charge in [0, 0.05) is 32.4 Å². The number of amides is 2. The zero-order valence-electron chi connectivity index (χ0n) is 14.6. The molecule has 2 saturated heterocycles. The maximum atomic E-state index is 12.4. The van der Waals surface area contributed by atoms with Crippen molar-refractivity contribution < 1.29 is 19.4 Å². The summed E-state index contributed by atoms with van der Waals surface area (Å²) in [6.45, 7) is 4.34. The fourth-order valence-corrected chi connectivity index (χ4v) is 3.52. The lowest BCUT2D eigenvalue weighted by atomic mass is 9.77. The molecule has 0 unspecified atom stereocenters. The van der Waals surface area contributed by atoms with Gasteiger partial charge in [0.25, 0.3) is 5.91 Å². The van der Waals surface area contributed by atoms with Crippen LogP contribution in [0.25, 0.3) is 0 Å². The molecular formula is C17H24N4O4. The number of rotatable bonds is 2. The van der Waals surface area contributed by atoms with E-state index in [4.69, 9.17) is 4.74 Å². The Kier molecular flexibility index (Phi) is 4.75. The molecule has 0 bridgehead atoms. The van der Waals surface area contributed by atoms with Gasteiger partial charge in [-0.15, -0.1) is 0 Å². The van der Waals surface area contributed by atoms with Gasteiger partial charge in [0.05, 0.1) is 18.2 Å². The van der Waals surface area contributed by atoms with Crippen LogP contribution in [0, 0.1) is 0 Å². The van der Waals surface area contributed by atoms with E-state index in [-0.39, 0.29) is 30.3 Å². The van der Waals surface area contributed by atoms with Crippen LogP contribution in [0.15, 0.2) is 18.5 Å². The van der Waals surface area contributed by atoms with Crippen molar-refractivity contribution in [3.8, 4) is 0 Å². The maximum absolute atomic E-state index is 12.4. The number of nitrogens with zero attached hydrogens (tertiary/aromatic N) is 3. The Morgan fingerprint density at radius 2 is 1.96 bits per heavy atom. The first-order chi connectivity index (χ1) is 11.8. The second kappa shape index (κ2) is 6.68. The second-order valence-corrected chi connectivity index (χ2v) is 7.15. The van der Waals surface area contributed by atoms with Crippen LogP contribution in [0.2, 0.25) is 0 Å². The van der Waals surface area contributed by atoms with Crippen LogP contribution < -0.4 is 5.32 Å². The number of likely N-dealkylation sites (tertiary alicyclic amines) is 1. The molecule has 136 valence electrons. The normalized spacial score (nSPS) is 28.6. The maximum Gasteiger partial charge on any atom is 0.291 e. The SMILES string of the molecule is CC(=O)N[C@H]1CC2(CCN(C(=O)c3ncccn3)CC2)OC[C@]1(C)O. The summed E-state index contributed by atoms with van der Waals surface area (Å²) in [4.78, 5) is 33.6. The number of ether oxygens (including phenoxy) is 1. The number of piperidine rings is 1. The molecule has 8 nitrogen and oxygen atoms in total. The van der Waals surface area contributed by atoms with Crippen LogP contribution in [0.5, 0.6) is 0 Å². The molecule has 2 N–H and O–H groups in total. The highest BCUT2D eigenvalue weighted by Crippen LogP contribution is 2.38. The van der Waals surface area contributed by atoms with Crippen molar-refractivity contribution in [1.82, 2.24) is 20.2 Å². The fourth-order valence-electron chi connectivity index (χ4n) is 3.52. The zero-order valence-corrected chi connectivity index (χ0v) is 14.6. The Labute approximate surface area is 146 Å². The van der Waals surface area contributed by atoms with Gasteiger partial charge in [0.2, 0.25) is 11.7 Å². The summed E-state index contributed by atoms with van der Waals surface area (Å²) in [6.07, 6.45) is 4.94. The van der Waals surface area contributed by atoms with E-state index in [9.17, 15) is 14.7 Å². The highest BCUT2D eigenvalue weighted by Gasteiger charge is 2.49. The van der Waals surface area contributed by atoms with E-state index in [1.165, 1.54) is 6.92 Å². The summed E-state index contributed by atoms with van der Waals surface area (Å²) < 4.78 is 6.00. The van der Waals surface area contributed by atoms with Crippen molar-refractivity contribution in [2.75, 3.05) is 19.7 Å². The van der Waals surface area contributed by atoms with Crippen LogP contribution in [0.4, 0.5) is 0 Å². The highest BCUT2D eigenvalue weighted by atomic mass is 16.5. The second-order valence-electron chi connectivity index (χ2n) is 7.15. The van der Waals surface area contributed by atoms with Gasteiger partial charge in [0.15, 0.2) is 0 Å². The molecule has 0 radical (unpaired) electrons. The van der Waals surface area contributed by atoms with E-state index >= 15 is 0 Å². The Bertz CT molecular complexity index is 641. The van der Waals surface area contributed by atoms with Gasteiger partial charge >= 0.3 is 0 Å². The Hall–Kier alpha value is -2.06. The van der Waals surface area contributed by atoms with Crippen molar-refractivity contribution >= 4 is 11.8 Å². The van der Waals surface area contributed by atoms with E-state index in [1.54, 1.807) is 30.3 Å². The Morgan fingerprint density at radius 1 is 1.32 bits per heavy atom. The van der Waals surface area contributed by atoms with Crippen LogP contribution in [0.1, 0.15) is 43.7 Å². The minimum absolute atomic E-state index is 0.160. The van der Waals surface area contributed by atoms with Gasteiger partial charge in [-0.1, -0.05) is 0 Å². The fraction of sp³-hybridized carbons (Fsp3) is 0.647. The lowest BCUT2D eigenvalue weighted by molar-refractivity contribution is -0.191. The molecule has 1 aromatic rings. The van der Waals surface area contributed by atoms with Gasteiger partial charge in [-0.25, -0.2) is 9.97 Å². The van der Waals surface area contributed by atoms with Crippen molar-refractivity contribution in [1.29, 1.82) is 0 Å². The number of hydrogen-bond acceptors (Lipinski definition) is 6. The van der Waals surface area contributed by atoms with Crippen molar-refractivity contribution in [3.05, 3.63) is 24.3 Å². The van der Waals surface area contributed by atoms with Crippen LogP contribution in [-0.2, 0) is 9.53 Å². The number of aromatic nitrogens is 2. The monoisotopic (exact) mass is 348 g/mol. The smallest absolute Gasteiger partial charge is 0.291 e. The molecule has 2 aliphatic heterocycles. The molecule has 0 aromatic carbocycles. The largest absolute Gasteiger partial charge is 0.386 e. The number of carbonyl (C=O) groups excluding carboxylic acids is 2. The molecule has 1 spiro atoms. The minimum atomic E-state index is -1.10. The predicted octanol–water partition coefficient (Wildman–Crippen LogP) is 0.127. The van der Waals surface area contributed by atoms with Crippen molar-refractivity contribution in [2.45, 2.75) is 50.4 Å². The summed E-state index contributed by atoms with van der Waals surface area (Å²) in [5.74, 6) is -0.157. The first kappa shape index (κ1) is 17.8. The molecule has 3 heterocycles. The molecule has 25 heavy (non-hydrogen) atoms. The van der Waals surface area contributed by atoms with Gasteiger partial charge < -0.3 is 20.1 Å². The molecule has 3 rings (SSSR count). The quantitative estimate of drug-likeness (QED) is 0.787. The summed E-state index contributed by atoms with van der Waals surface area (Å²) in [6, 6.07) is 1.31. The van der Waals surface area contributed by atoms with Gasteiger partial charge in [0.1, 0.15) is 5.60 Å².